The highest BCUT2D eigenvalue weighted by Gasteiger charge is 1.94. The van der Waals surface area contributed by atoms with Crippen LogP contribution in [0.15, 0.2) is 41.8 Å². The second-order valence-electron chi connectivity index (χ2n) is 2.30. The molecule has 0 unspecified atom stereocenters. The Morgan fingerprint density at radius 1 is 1.00 bits per heavy atom. The molecule has 1 aromatic heterocycles. The maximum absolute atomic E-state index is 3.20. The summed E-state index contributed by atoms with van der Waals surface area (Å²) >= 11 is 1.61. The second-order valence-corrected chi connectivity index (χ2v) is 3.01. The van der Waals surface area contributed by atoms with Gasteiger partial charge in [-0.2, -0.15) is 0 Å². The minimum atomic E-state index is 1.19. The lowest BCUT2D eigenvalue weighted by Crippen LogP contribution is -1.69. The highest BCUT2D eigenvalue weighted by molar-refractivity contribution is 7.07. The van der Waals surface area contributed by atoms with Gasteiger partial charge in [0.05, 0.1) is 5.38 Å². The molecule has 0 fully saturated rings. The first kappa shape index (κ1) is 6.62. The van der Waals surface area contributed by atoms with Crippen LogP contribution in [-0.4, -0.2) is 0 Å². The molecule has 0 nitrogen and oxygen atoms in total. The Morgan fingerprint density at radius 3 is 2.45 bits per heavy atom. The summed E-state index contributed by atoms with van der Waals surface area (Å²) in [4.78, 5) is 0. The Bertz CT molecular complexity index is 308. The molecule has 0 saturated carbocycles. The van der Waals surface area contributed by atoms with Crippen molar-refractivity contribution in [1.29, 1.82) is 0 Å². The largest absolute Gasteiger partial charge is 0.142 e. The molecule has 0 aliphatic heterocycles. The molecule has 0 saturated heterocycles. The fraction of sp³-hybridized carbons (Fsp3) is 0. The number of hydrogen-bond acceptors (Lipinski definition) is 1. The topological polar surface area (TPSA) is 0 Å². The van der Waals surface area contributed by atoms with Crippen LogP contribution in [0.2, 0.25) is 0 Å². The van der Waals surface area contributed by atoms with E-state index in [0.717, 1.165) is 0 Å². The molecule has 0 atom stereocenters. The van der Waals surface area contributed by atoms with Crippen LogP contribution in [0.25, 0.3) is 11.1 Å². The van der Waals surface area contributed by atoms with Gasteiger partial charge in [0.2, 0.25) is 0 Å². The highest BCUT2D eigenvalue weighted by Crippen LogP contribution is 2.19. The van der Waals surface area contributed by atoms with Crippen LogP contribution in [0.1, 0.15) is 0 Å². The Kier molecular flexibility index (Phi) is 1.74. The molecule has 11 heavy (non-hydrogen) atoms. The lowest BCUT2D eigenvalue weighted by Gasteiger charge is -1.93. The van der Waals surface area contributed by atoms with Crippen molar-refractivity contribution in [3.05, 3.63) is 47.2 Å². The summed E-state index contributed by atoms with van der Waals surface area (Å²) in [7, 11) is 0. The van der Waals surface area contributed by atoms with Crippen LogP contribution in [0.5, 0.6) is 0 Å². The van der Waals surface area contributed by atoms with Gasteiger partial charge in [0.25, 0.3) is 0 Å². The first-order valence-electron chi connectivity index (χ1n) is 3.47. The van der Waals surface area contributed by atoms with Crippen molar-refractivity contribution >= 4 is 11.3 Å². The molecule has 0 aliphatic rings. The zero-order valence-electron chi connectivity index (χ0n) is 5.95. The first-order valence-corrected chi connectivity index (χ1v) is 4.35. The summed E-state index contributed by atoms with van der Waals surface area (Å²) in [5.74, 6) is 0. The Hall–Kier alpha value is -1.08. The van der Waals surface area contributed by atoms with Gasteiger partial charge >= 0.3 is 0 Å². The molecule has 1 heteroatoms. The van der Waals surface area contributed by atoms with Crippen LogP contribution in [-0.2, 0) is 0 Å². The van der Waals surface area contributed by atoms with Crippen LogP contribution < -0.4 is 0 Å². The molecule has 2 aromatic rings. The number of thiophene rings is 1. The van der Waals surface area contributed by atoms with Gasteiger partial charge in [0.15, 0.2) is 0 Å². The SMILES string of the molecule is [c]1sccc1-c1ccccc1. The molecule has 0 bridgehead atoms. The summed E-state index contributed by atoms with van der Waals surface area (Å²) in [6.45, 7) is 0. The average molecular weight is 159 g/mol. The molecule has 1 heterocycles. The van der Waals surface area contributed by atoms with Crippen molar-refractivity contribution in [3.8, 4) is 11.1 Å². The van der Waals surface area contributed by atoms with Crippen molar-refractivity contribution in [2.24, 2.45) is 0 Å². The number of hydrogen-bond donors (Lipinski definition) is 0. The van der Waals surface area contributed by atoms with Gasteiger partial charge in [-0.25, -0.2) is 0 Å². The molecule has 0 N–H and O–H groups in total. The molecular formula is C10H7S. The normalized spacial score (nSPS) is 9.82. The monoisotopic (exact) mass is 159 g/mol. The van der Waals surface area contributed by atoms with E-state index in [1.807, 2.05) is 23.6 Å². The van der Waals surface area contributed by atoms with Gasteiger partial charge in [0.1, 0.15) is 0 Å². The average Bonchev–Trinajstić information content (AvgIpc) is 2.58. The molecular weight excluding hydrogens is 152 g/mol. The summed E-state index contributed by atoms with van der Waals surface area (Å²) in [6, 6.07) is 12.4. The molecule has 53 valence electrons. The van der Waals surface area contributed by atoms with E-state index in [9.17, 15) is 0 Å². The predicted molar refractivity (Wildman–Crippen MR) is 48.6 cm³/mol. The van der Waals surface area contributed by atoms with E-state index >= 15 is 0 Å². The van der Waals surface area contributed by atoms with Crippen LogP contribution in [0, 0.1) is 5.38 Å². The zero-order chi connectivity index (χ0) is 7.52. The van der Waals surface area contributed by atoms with Crippen molar-refractivity contribution in [2.75, 3.05) is 0 Å². The van der Waals surface area contributed by atoms with E-state index in [0.29, 0.717) is 0 Å². The third-order valence-electron chi connectivity index (χ3n) is 1.56. The van der Waals surface area contributed by atoms with Crippen molar-refractivity contribution in [2.45, 2.75) is 0 Å². The van der Waals surface area contributed by atoms with E-state index in [4.69, 9.17) is 0 Å². The summed E-state index contributed by atoms with van der Waals surface area (Å²) in [5, 5.41) is 5.24. The fourth-order valence-electron chi connectivity index (χ4n) is 1.01. The van der Waals surface area contributed by atoms with Gasteiger partial charge in [-0.15, -0.1) is 11.3 Å². The summed E-state index contributed by atoms with van der Waals surface area (Å²) in [5.41, 5.74) is 2.43. The zero-order valence-corrected chi connectivity index (χ0v) is 6.77. The lowest BCUT2D eigenvalue weighted by atomic mass is 10.1. The first-order chi connectivity index (χ1) is 5.47. The third kappa shape index (κ3) is 1.33. The summed E-state index contributed by atoms with van der Waals surface area (Å²) in [6.07, 6.45) is 0. The molecule has 2 rings (SSSR count). The lowest BCUT2D eigenvalue weighted by molar-refractivity contribution is 1.67. The molecule has 0 spiro atoms. The standard InChI is InChI=1S/C10H7S/c1-2-4-9(5-3-1)10-6-7-11-8-10/h1-7H. The smallest absolute Gasteiger partial charge is 0.0527 e. The molecule has 0 amide bonds. The van der Waals surface area contributed by atoms with Gasteiger partial charge < -0.3 is 0 Å². The van der Waals surface area contributed by atoms with Crippen LogP contribution >= 0.6 is 11.3 Å². The van der Waals surface area contributed by atoms with Gasteiger partial charge in [0, 0.05) is 5.56 Å². The van der Waals surface area contributed by atoms with E-state index in [1.54, 1.807) is 11.3 Å². The maximum atomic E-state index is 3.20. The van der Waals surface area contributed by atoms with Crippen LogP contribution in [0.3, 0.4) is 0 Å². The minimum Gasteiger partial charge on any atom is -0.142 e. The number of rotatable bonds is 1. The van der Waals surface area contributed by atoms with E-state index in [-0.39, 0.29) is 0 Å². The third-order valence-corrected chi connectivity index (χ3v) is 2.17. The van der Waals surface area contributed by atoms with Crippen molar-refractivity contribution < 1.29 is 0 Å². The molecule has 0 aliphatic carbocycles. The molecule has 1 radical (unpaired) electrons. The molecule has 1 aromatic carbocycles. The van der Waals surface area contributed by atoms with Gasteiger partial charge in [-0.05, 0) is 17.0 Å². The van der Waals surface area contributed by atoms with Crippen LogP contribution in [0.4, 0.5) is 0 Å². The predicted octanol–water partition coefficient (Wildman–Crippen LogP) is 3.22. The van der Waals surface area contributed by atoms with E-state index in [1.165, 1.54) is 11.1 Å². The van der Waals surface area contributed by atoms with E-state index in [2.05, 4.69) is 23.6 Å². The second kappa shape index (κ2) is 2.89. The minimum absolute atomic E-state index is 1.19. The Morgan fingerprint density at radius 2 is 1.82 bits per heavy atom. The summed E-state index contributed by atoms with van der Waals surface area (Å²) < 4.78 is 0. The Labute approximate surface area is 70.1 Å². The number of benzene rings is 1. The highest BCUT2D eigenvalue weighted by atomic mass is 32.1. The van der Waals surface area contributed by atoms with Gasteiger partial charge in [-0.3, -0.25) is 0 Å². The van der Waals surface area contributed by atoms with Gasteiger partial charge in [-0.1, -0.05) is 30.3 Å². The van der Waals surface area contributed by atoms with E-state index < -0.39 is 0 Å². The fourth-order valence-corrected chi connectivity index (χ4v) is 1.59. The quantitative estimate of drug-likeness (QED) is 0.599. The maximum Gasteiger partial charge on any atom is 0.0527 e. The van der Waals surface area contributed by atoms with Crippen molar-refractivity contribution in [3.63, 3.8) is 0 Å². The van der Waals surface area contributed by atoms with Crippen molar-refractivity contribution in [1.82, 2.24) is 0 Å². The Balaban J connectivity index is 2.46.